The number of nitrogens with one attached hydrogen (secondary N) is 2. The monoisotopic (exact) mass is 573 g/mol. The average molecular weight is 574 g/mol. The zero-order chi connectivity index (χ0) is 29.5. The van der Waals surface area contributed by atoms with Gasteiger partial charge >= 0.3 is 12.1 Å². The van der Waals surface area contributed by atoms with Crippen LogP contribution in [0.15, 0.2) is 60.7 Å². The summed E-state index contributed by atoms with van der Waals surface area (Å²) in [4.78, 5) is 61.9. The molecular weight excluding hydrogens is 538 g/mol. The molecule has 3 amide bonds. The second kappa shape index (κ2) is 16.9. The second-order valence-corrected chi connectivity index (χ2v) is 10.0. The van der Waals surface area contributed by atoms with Crippen LogP contribution in [0.1, 0.15) is 25.0 Å². The number of carbonyl (C=O) groups excluding carboxylic acids is 5. The van der Waals surface area contributed by atoms with Crippen LogP contribution in [0.4, 0.5) is 4.79 Å². The van der Waals surface area contributed by atoms with Gasteiger partial charge in [-0.05, 0) is 26.3 Å². The largest absolute Gasteiger partial charge is 0.457 e. The van der Waals surface area contributed by atoms with E-state index in [1.165, 1.54) is 22.2 Å². The number of ether oxygens (including phenoxy) is 2. The Morgan fingerprint density at radius 1 is 1.02 bits per heavy atom. The van der Waals surface area contributed by atoms with Crippen molar-refractivity contribution in [1.29, 1.82) is 0 Å². The summed E-state index contributed by atoms with van der Waals surface area (Å²) in [5.74, 6) is -2.89. The number of hydrogen-bond acceptors (Lipinski definition) is 9. The molecule has 12 heteroatoms. The van der Waals surface area contributed by atoms with Gasteiger partial charge < -0.3 is 30.1 Å². The quantitative estimate of drug-likeness (QED) is 0.285. The Labute approximate surface area is 237 Å². The number of alkyl carbamates (subject to hydrolysis) is 1. The lowest BCUT2D eigenvalue weighted by Crippen LogP contribution is -2.55. The number of esters is 1. The Bertz CT molecular complexity index is 1130. The number of ketones is 1. The van der Waals surface area contributed by atoms with E-state index in [1.54, 1.807) is 38.1 Å². The van der Waals surface area contributed by atoms with Crippen molar-refractivity contribution in [2.45, 2.75) is 45.6 Å². The van der Waals surface area contributed by atoms with E-state index in [9.17, 15) is 29.1 Å². The van der Waals surface area contributed by atoms with Crippen LogP contribution in [-0.2, 0) is 35.3 Å². The van der Waals surface area contributed by atoms with E-state index in [0.717, 1.165) is 5.56 Å². The first-order valence-electron chi connectivity index (χ1n) is 12.6. The molecule has 216 valence electrons. The van der Waals surface area contributed by atoms with E-state index in [-0.39, 0.29) is 18.2 Å². The molecule has 3 N–H and O–H groups in total. The van der Waals surface area contributed by atoms with Crippen LogP contribution in [0.5, 0.6) is 0 Å². The minimum Gasteiger partial charge on any atom is -0.457 e. The highest BCUT2D eigenvalue weighted by Gasteiger charge is 2.38. The van der Waals surface area contributed by atoms with Crippen molar-refractivity contribution >= 4 is 41.4 Å². The van der Waals surface area contributed by atoms with Crippen molar-refractivity contribution in [1.82, 2.24) is 15.5 Å². The molecule has 40 heavy (non-hydrogen) atoms. The molecule has 0 saturated carbocycles. The molecule has 0 unspecified atom stereocenters. The molecule has 3 rings (SSSR count). The molecule has 1 aliphatic rings. The Morgan fingerprint density at radius 2 is 1.65 bits per heavy atom. The number of hydrogen-bond donors (Lipinski definition) is 3. The van der Waals surface area contributed by atoms with Gasteiger partial charge in [0.25, 0.3) is 5.78 Å². The zero-order valence-electron chi connectivity index (χ0n) is 22.7. The first kappa shape index (κ1) is 32.3. The molecule has 0 aromatic heterocycles. The molecule has 11 nitrogen and oxygen atoms in total. The summed E-state index contributed by atoms with van der Waals surface area (Å²) in [6.45, 7) is 3.98. The highest BCUT2D eigenvalue weighted by Crippen LogP contribution is 2.22. The Balaban J connectivity index is 0.000000693. The number of aliphatic hydroxyl groups is 1. The van der Waals surface area contributed by atoms with Gasteiger partial charge in [-0.2, -0.15) is 0 Å². The fourth-order valence-electron chi connectivity index (χ4n) is 3.34. The number of aliphatic hydroxyl groups excluding tert-OH is 1. The van der Waals surface area contributed by atoms with Gasteiger partial charge in [0.05, 0.1) is 25.1 Å². The van der Waals surface area contributed by atoms with E-state index in [2.05, 4.69) is 29.7 Å². The predicted molar refractivity (Wildman–Crippen MR) is 149 cm³/mol. The minimum atomic E-state index is -1.31. The van der Waals surface area contributed by atoms with E-state index in [1.807, 2.05) is 24.3 Å². The molecular formula is C28H35N3O8S. The van der Waals surface area contributed by atoms with Gasteiger partial charge in [-0.15, -0.1) is 11.8 Å². The minimum absolute atomic E-state index is 0.0170. The van der Waals surface area contributed by atoms with Crippen molar-refractivity contribution in [2.75, 3.05) is 24.8 Å². The van der Waals surface area contributed by atoms with Crippen molar-refractivity contribution in [3.63, 3.8) is 0 Å². The molecule has 1 fully saturated rings. The third-order valence-corrected chi connectivity index (χ3v) is 6.40. The summed E-state index contributed by atoms with van der Waals surface area (Å²) in [5, 5.41) is 14.2. The number of rotatable bonds is 10. The Kier molecular flexibility index (Phi) is 13.7. The summed E-state index contributed by atoms with van der Waals surface area (Å²) in [6, 6.07) is 16.9. The lowest BCUT2D eigenvalue weighted by Gasteiger charge is -2.27. The number of amides is 3. The molecule has 0 radical (unpaired) electrons. The summed E-state index contributed by atoms with van der Waals surface area (Å²) < 4.78 is 9.84. The molecule has 2 atom stereocenters. The van der Waals surface area contributed by atoms with E-state index in [4.69, 9.17) is 9.47 Å². The van der Waals surface area contributed by atoms with Crippen molar-refractivity contribution in [3.8, 4) is 0 Å². The molecule has 0 bridgehead atoms. The van der Waals surface area contributed by atoms with Crippen molar-refractivity contribution in [3.05, 3.63) is 71.8 Å². The number of nitrogens with zero attached hydrogens (tertiary/aromatic N) is 1. The highest BCUT2D eigenvalue weighted by atomic mass is 32.2. The maximum atomic E-state index is 12.8. The van der Waals surface area contributed by atoms with Gasteiger partial charge in [0.15, 0.2) is 0 Å². The number of aryl methyl sites for hydroxylation is 1. The third-order valence-electron chi connectivity index (χ3n) is 5.39. The van der Waals surface area contributed by atoms with E-state index in [0.29, 0.717) is 0 Å². The van der Waals surface area contributed by atoms with Crippen LogP contribution in [-0.4, -0.2) is 82.6 Å². The topological polar surface area (TPSA) is 151 Å². The van der Waals surface area contributed by atoms with Gasteiger partial charge in [-0.3, -0.25) is 14.4 Å². The van der Waals surface area contributed by atoms with Crippen molar-refractivity contribution in [2.24, 2.45) is 0 Å². The summed E-state index contributed by atoms with van der Waals surface area (Å²) in [7, 11) is 0. The highest BCUT2D eigenvalue weighted by molar-refractivity contribution is 7.99. The molecule has 2 aromatic carbocycles. The standard InChI is InChI=1S/C21H27N3O8S.C7H8/c1-13(2)32-20(29)17(26)8-22-18(27)16-11-33-12-24(16)19(28)15(9-25)23-21(30)31-10-14-6-4-3-5-7-14;1-7-5-3-2-4-6-7/h3-7,13,15-16,25H,8-12H2,1-2H3,(H,22,27)(H,23,30);2-6H,1H3/t15-,16-;/m0./s1. The van der Waals surface area contributed by atoms with Gasteiger partial charge in [0, 0.05) is 5.75 Å². The zero-order valence-corrected chi connectivity index (χ0v) is 23.5. The number of carbonyl (C=O) groups is 5. The maximum Gasteiger partial charge on any atom is 0.408 e. The van der Waals surface area contributed by atoms with E-state index < -0.39 is 61.0 Å². The first-order valence-corrected chi connectivity index (χ1v) is 13.8. The van der Waals surface area contributed by atoms with Crippen LogP contribution < -0.4 is 10.6 Å². The van der Waals surface area contributed by atoms with Gasteiger partial charge in [-0.25, -0.2) is 9.59 Å². The fraction of sp³-hybridized carbons (Fsp3) is 0.393. The van der Waals surface area contributed by atoms with Crippen LogP contribution in [0, 0.1) is 6.92 Å². The number of Topliss-reactive ketones (excluding diaryl/α,β-unsaturated/α-hetero) is 1. The Hall–Kier alpha value is -3.90. The SMILES string of the molecule is CC(C)OC(=O)C(=O)CNC(=O)[C@@H]1CSCN1C(=O)[C@H](CO)NC(=O)OCc1ccccc1.Cc1ccccc1. The summed E-state index contributed by atoms with van der Waals surface area (Å²) in [5.41, 5.74) is 2.07. The van der Waals surface area contributed by atoms with Gasteiger partial charge in [0.1, 0.15) is 18.7 Å². The summed E-state index contributed by atoms with van der Waals surface area (Å²) in [6.07, 6.45) is -1.37. The lowest BCUT2D eigenvalue weighted by molar-refractivity contribution is -0.156. The number of thioether (sulfide) groups is 1. The first-order chi connectivity index (χ1) is 19.1. The summed E-state index contributed by atoms with van der Waals surface area (Å²) >= 11 is 1.29. The third kappa shape index (κ3) is 11.1. The average Bonchev–Trinajstić information content (AvgIpc) is 3.44. The fourth-order valence-corrected chi connectivity index (χ4v) is 4.51. The molecule has 1 saturated heterocycles. The van der Waals surface area contributed by atoms with Crippen LogP contribution in [0.25, 0.3) is 0 Å². The number of benzene rings is 2. The lowest BCUT2D eigenvalue weighted by atomic mass is 10.2. The molecule has 0 spiro atoms. The predicted octanol–water partition coefficient (Wildman–Crippen LogP) is 1.81. The van der Waals surface area contributed by atoms with Crippen LogP contribution in [0.2, 0.25) is 0 Å². The van der Waals surface area contributed by atoms with E-state index >= 15 is 0 Å². The van der Waals surface area contributed by atoms with Crippen molar-refractivity contribution < 1.29 is 38.6 Å². The molecule has 2 aromatic rings. The molecule has 1 aliphatic heterocycles. The normalized spacial score (nSPS) is 14.8. The Morgan fingerprint density at radius 3 is 2.20 bits per heavy atom. The van der Waals surface area contributed by atoms with Crippen LogP contribution >= 0.6 is 11.8 Å². The molecule has 1 heterocycles. The second-order valence-electron chi connectivity index (χ2n) is 9.01. The maximum absolute atomic E-state index is 12.8. The molecule has 0 aliphatic carbocycles. The van der Waals surface area contributed by atoms with Gasteiger partial charge in [0.2, 0.25) is 11.8 Å². The van der Waals surface area contributed by atoms with Crippen LogP contribution in [0.3, 0.4) is 0 Å². The smallest absolute Gasteiger partial charge is 0.408 e. The van der Waals surface area contributed by atoms with Gasteiger partial charge in [-0.1, -0.05) is 66.2 Å².